The molecule has 1 N–H and O–H groups in total. The van der Waals surface area contributed by atoms with Gasteiger partial charge in [0.2, 0.25) is 0 Å². The minimum absolute atomic E-state index is 0.190. The first-order valence-corrected chi connectivity index (χ1v) is 5.90. The third-order valence-electron chi connectivity index (χ3n) is 3.21. The largest absolute Gasteiger partial charge is 0.401 e. The molecule has 1 aliphatic heterocycles. The van der Waals surface area contributed by atoms with E-state index in [1.807, 2.05) is 6.92 Å². The zero-order chi connectivity index (χ0) is 12.2. The molecular formula is C11H21F3N2. The Kier molecular flexibility index (Phi) is 5.05. The number of nitrogens with zero attached hydrogens (tertiary/aromatic N) is 1. The summed E-state index contributed by atoms with van der Waals surface area (Å²) in [5.41, 5.74) is 0. The van der Waals surface area contributed by atoms with Crippen LogP contribution in [0.1, 0.15) is 26.7 Å². The second-order valence-electron chi connectivity index (χ2n) is 4.81. The number of nitrogens with one attached hydrogen (secondary N) is 1. The van der Waals surface area contributed by atoms with Crippen LogP contribution < -0.4 is 5.32 Å². The highest BCUT2D eigenvalue weighted by atomic mass is 19.4. The summed E-state index contributed by atoms with van der Waals surface area (Å²) in [6.45, 7) is 5.75. The zero-order valence-corrected chi connectivity index (χ0v) is 9.98. The monoisotopic (exact) mass is 238 g/mol. The molecule has 1 aliphatic rings. The summed E-state index contributed by atoms with van der Waals surface area (Å²) in [5.74, 6) is 0.756. The summed E-state index contributed by atoms with van der Waals surface area (Å²) in [7, 11) is 0. The second kappa shape index (κ2) is 5.87. The summed E-state index contributed by atoms with van der Waals surface area (Å²) in [5, 5.41) is 2.47. The lowest BCUT2D eigenvalue weighted by molar-refractivity contribution is -0.125. The van der Waals surface area contributed by atoms with Gasteiger partial charge >= 0.3 is 6.18 Å². The van der Waals surface area contributed by atoms with Crippen LogP contribution in [0.5, 0.6) is 0 Å². The molecule has 0 bridgehead atoms. The van der Waals surface area contributed by atoms with Crippen LogP contribution in [0.4, 0.5) is 13.2 Å². The lowest BCUT2D eigenvalue weighted by Gasteiger charge is -2.35. The van der Waals surface area contributed by atoms with E-state index in [9.17, 15) is 13.2 Å². The van der Waals surface area contributed by atoms with Crippen LogP contribution in [0.15, 0.2) is 0 Å². The predicted octanol–water partition coefficient (Wildman–Crippen LogP) is 2.26. The van der Waals surface area contributed by atoms with Crippen LogP contribution in [0.25, 0.3) is 0 Å². The molecule has 1 fully saturated rings. The summed E-state index contributed by atoms with van der Waals surface area (Å²) >= 11 is 0. The van der Waals surface area contributed by atoms with Crippen LogP contribution in [-0.4, -0.2) is 43.3 Å². The first kappa shape index (κ1) is 13.8. The van der Waals surface area contributed by atoms with Crippen LogP contribution >= 0.6 is 0 Å². The first-order chi connectivity index (χ1) is 7.38. The summed E-state index contributed by atoms with van der Waals surface area (Å²) < 4.78 is 35.8. The van der Waals surface area contributed by atoms with E-state index in [0.717, 1.165) is 31.8 Å². The normalized spacial score (nSPS) is 22.3. The van der Waals surface area contributed by atoms with E-state index in [-0.39, 0.29) is 6.04 Å². The maximum absolute atomic E-state index is 11.9. The molecule has 96 valence electrons. The number of rotatable bonds is 4. The van der Waals surface area contributed by atoms with Gasteiger partial charge in [-0.25, -0.2) is 0 Å². The third-order valence-corrected chi connectivity index (χ3v) is 3.21. The van der Waals surface area contributed by atoms with Gasteiger partial charge in [0, 0.05) is 12.6 Å². The second-order valence-corrected chi connectivity index (χ2v) is 4.81. The van der Waals surface area contributed by atoms with Crippen LogP contribution in [0.2, 0.25) is 0 Å². The zero-order valence-electron chi connectivity index (χ0n) is 9.98. The minimum Gasteiger partial charge on any atom is -0.307 e. The van der Waals surface area contributed by atoms with Gasteiger partial charge in [0.15, 0.2) is 0 Å². The Balaban J connectivity index is 2.17. The molecule has 1 unspecified atom stereocenters. The lowest BCUT2D eigenvalue weighted by Crippen LogP contribution is -2.45. The minimum atomic E-state index is -4.10. The van der Waals surface area contributed by atoms with Crippen molar-refractivity contribution in [1.82, 2.24) is 10.2 Å². The van der Waals surface area contributed by atoms with Gasteiger partial charge in [0.25, 0.3) is 0 Å². The Bertz CT molecular complexity index is 198. The molecule has 0 saturated carbocycles. The van der Waals surface area contributed by atoms with Crippen molar-refractivity contribution >= 4 is 0 Å². The van der Waals surface area contributed by atoms with E-state index in [1.54, 1.807) is 0 Å². The molecule has 2 nitrogen and oxygen atoms in total. The van der Waals surface area contributed by atoms with Crippen molar-refractivity contribution in [3.8, 4) is 0 Å². The summed E-state index contributed by atoms with van der Waals surface area (Å²) in [6.07, 6.45) is -1.79. The number of hydrogen-bond donors (Lipinski definition) is 1. The van der Waals surface area contributed by atoms with Gasteiger partial charge < -0.3 is 5.32 Å². The number of halogens is 3. The van der Waals surface area contributed by atoms with Crippen molar-refractivity contribution < 1.29 is 13.2 Å². The molecule has 0 aliphatic carbocycles. The molecule has 1 rings (SSSR count). The molecule has 0 aromatic carbocycles. The average Bonchev–Trinajstić information content (AvgIpc) is 2.16. The van der Waals surface area contributed by atoms with Crippen molar-refractivity contribution in [2.24, 2.45) is 5.92 Å². The van der Waals surface area contributed by atoms with Crippen molar-refractivity contribution in [3.63, 3.8) is 0 Å². The van der Waals surface area contributed by atoms with Crippen molar-refractivity contribution in [2.45, 2.75) is 38.9 Å². The Morgan fingerprint density at radius 3 is 2.38 bits per heavy atom. The molecule has 0 radical (unpaired) electrons. The van der Waals surface area contributed by atoms with E-state index < -0.39 is 12.7 Å². The molecule has 1 heterocycles. The summed E-state index contributed by atoms with van der Waals surface area (Å²) in [6, 6.07) is 0.190. The standard InChI is InChI=1S/C11H21F3N2/c1-9-3-5-16(6-4-9)10(2)7-15-8-11(12,13)14/h9-10,15H,3-8H2,1-2H3. The SMILES string of the molecule is CC1CCN(C(C)CNCC(F)(F)F)CC1. The Hall–Kier alpha value is -0.290. The van der Waals surface area contributed by atoms with Crippen molar-refractivity contribution in [1.29, 1.82) is 0 Å². The number of alkyl halides is 3. The van der Waals surface area contributed by atoms with Gasteiger partial charge in [0.05, 0.1) is 6.54 Å². The molecule has 16 heavy (non-hydrogen) atoms. The fraction of sp³-hybridized carbons (Fsp3) is 1.00. The van der Waals surface area contributed by atoms with Crippen molar-refractivity contribution in [3.05, 3.63) is 0 Å². The Morgan fingerprint density at radius 2 is 1.88 bits per heavy atom. The Morgan fingerprint density at radius 1 is 1.31 bits per heavy atom. The van der Waals surface area contributed by atoms with E-state index in [2.05, 4.69) is 17.1 Å². The maximum Gasteiger partial charge on any atom is 0.401 e. The number of hydrogen-bond acceptors (Lipinski definition) is 2. The Labute approximate surface area is 95.2 Å². The van der Waals surface area contributed by atoms with Gasteiger partial charge in [-0.1, -0.05) is 6.92 Å². The van der Waals surface area contributed by atoms with Gasteiger partial charge in [-0.2, -0.15) is 13.2 Å². The van der Waals surface area contributed by atoms with Crippen LogP contribution in [0.3, 0.4) is 0 Å². The van der Waals surface area contributed by atoms with Crippen molar-refractivity contribution in [2.75, 3.05) is 26.2 Å². The van der Waals surface area contributed by atoms with E-state index >= 15 is 0 Å². The maximum atomic E-state index is 11.9. The molecule has 0 spiro atoms. The molecule has 1 saturated heterocycles. The first-order valence-electron chi connectivity index (χ1n) is 5.90. The van der Waals surface area contributed by atoms with E-state index in [0.29, 0.717) is 6.54 Å². The highest BCUT2D eigenvalue weighted by Gasteiger charge is 2.27. The average molecular weight is 238 g/mol. The van der Waals surface area contributed by atoms with E-state index in [4.69, 9.17) is 0 Å². The fourth-order valence-electron chi connectivity index (χ4n) is 2.02. The summed E-state index contributed by atoms with van der Waals surface area (Å²) in [4.78, 5) is 2.27. The van der Waals surface area contributed by atoms with Gasteiger partial charge in [-0.3, -0.25) is 4.90 Å². The topological polar surface area (TPSA) is 15.3 Å². The van der Waals surface area contributed by atoms with Gasteiger partial charge in [-0.05, 0) is 38.8 Å². The number of likely N-dealkylation sites (tertiary alicyclic amines) is 1. The highest BCUT2D eigenvalue weighted by molar-refractivity contribution is 4.76. The molecule has 0 aromatic rings. The van der Waals surface area contributed by atoms with E-state index in [1.165, 1.54) is 0 Å². The van der Waals surface area contributed by atoms with Gasteiger partial charge in [0.1, 0.15) is 0 Å². The molecule has 1 atom stereocenters. The molecular weight excluding hydrogens is 217 g/mol. The smallest absolute Gasteiger partial charge is 0.307 e. The van der Waals surface area contributed by atoms with Crippen LogP contribution in [0, 0.1) is 5.92 Å². The predicted molar refractivity (Wildman–Crippen MR) is 58.4 cm³/mol. The molecule has 0 aromatic heterocycles. The number of piperidine rings is 1. The fourth-order valence-corrected chi connectivity index (χ4v) is 2.02. The highest BCUT2D eigenvalue weighted by Crippen LogP contribution is 2.18. The van der Waals surface area contributed by atoms with Crippen LogP contribution in [-0.2, 0) is 0 Å². The quantitative estimate of drug-likeness (QED) is 0.808. The van der Waals surface area contributed by atoms with Gasteiger partial charge in [-0.15, -0.1) is 0 Å². The molecule has 0 amide bonds. The lowest BCUT2D eigenvalue weighted by atomic mass is 9.98. The molecule has 5 heteroatoms. The third kappa shape index (κ3) is 5.16.